The maximum absolute atomic E-state index is 12.2. The van der Waals surface area contributed by atoms with Gasteiger partial charge in [0, 0.05) is 0 Å². The van der Waals surface area contributed by atoms with Crippen LogP contribution in [0.25, 0.3) is 0 Å². The third-order valence-corrected chi connectivity index (χ3v) is 3.73. The second-order valence-electron chi connectivity index (χ2n) is 1.76. The molecule has 0 N–H and O–H groups in total. The Kier molecular flexibility index (Phi) is 2.51. The van der Waals surface area contributed by atoms with Crippen LogP contribution in [0.3, 0.4) is 0 Å². The van der Waals surface area contributed by atoms with Gasteiger partial charge in [0.1, 0.15) is 0 Å². The molecule has 0 aliphatic carbocycles. The molecular weight excluding hydrogens is 222 g/mol. The van der Waals surface area contributed by atoms with Crippen LogP contribution < -0.4 is 3.58 Å². The molecule has 0 atom stereocenters. The van der Waals surface area contributed by atoms with E-state index in [0.717, 1.165) is 0 Å². The SMILES string of the molecule is [CH3][Sn][c]1ccc(F)cc1. The van der Waals surface area contributed by atoms with E-state index in [1.165, 1.54) is 15.7 Å². The third-order valence-electron chi connectivity index (χ3n) is 1.13. The Hall–Kier alpha value is -0.0513. The predicted molar refractivity (Wildman–Crippen MR) is 37.7 cm³/mol. The van der Waals surface area contributed by atoms with Gasteiger partial charge in [0.25, 0.3) is 0 Å². The van der Waals surface area contributed by atoms with E-state index in [2.05, 4.69) is 4.94 Å². The van der Waals surface area contributed by atoms with E-state index in [4.69, 9.17) is 0 Å². The van der Waals surface area contributed by atoms with Gasteiger partial charge in [-0.05, 0) is 0 Å². The Labute approximate surface area is 64.3 Å². The molecule has 2 radical (unpaired) electrons. The van der Waals surface area contributed by atoms with Crippen molar-refractivity contribution in [3.63, 3.8) is 0 Å². The summed E-state index contributed by atoms with van der Waals surface area (Å²) < 4.78 is 13.6. The van der Waals surface area contributed by atoms with Gasteiger partial charge in [0.2, 0.25) is 0 Å². The predicted octanol–water partition coefficient (Wildman–Crippen LogP) is 1.20. The Morgan fingerprint density at radius 2 is 1.78 bits per heavy atom. The maximum atomic E-state index is 12.2. The second-order valence-corrected chi connectivity index (χ2v) is 4.83. The number of hydrogen-bond acceptors (Lipinski definition) is 0. The van der Waals surface area contributed by atoms with E-state index in [0.29, 0.717) is 0 Å². The molecule has 0 fully saturated rings. The summed E-state index contributed by atoms with van der Waals surface area (Å²) in [6.07, 6.45) is 0. The fourth-order valence-electron chi connectivity index (χ4n) is 0.617. The Balaban J connectivity index is 2.88. The zero-order valence-electron chi connectivity index (χ0n) is 5.19. The van der Waals surface area contributed by atoms with Gasteiger partial charge in [-0.25, -0.2) is 0 Å². The fraction of sp³-hybridized carbons (Fsp3) is 0.143. The first-order valence-corrected chi connectivity index (χ1v) is 7.04. The summed E-state index contributed by atoms with van der Waals surface area (Å²) in [5.41, 5.74) is 0. The van der Waals surface area contributed by atoms with Crippen molar-refractivity contribution >= 4 is 24.7 Å². The quantitative estimate of drug-likeness (QED) is 0.634. The molecule has 1 aromatic rings. The fourth-order valence-corrected chi connectivity index (χ4v) is 2.04. The number of rotatable bonds is 1. The van der Waals surface area contributed by atoms with Gasteiger partial charge < -0.3 is 0 Å². The summed E-state index contributed by atoms with van der Waals surface area (Å²) in [5.74, 6) is -0.133. The normalized spacial score (nSPS) is 9.56. The van der Waals surface area contributed by atoms with Crippen LogP contribution >= 0.6 is 0 Å². The van der Waals surface area contributed by atoms with Crippen LogP contribution in [0.4, 0.5) is 4.39 Å². The van der Waals surface area contributed by atoms with E-state index in [9.17, 15) is 4.39 Å². The third kappa shape index (κ3) is 1.97. The van der Waals surface area contributed by atoms with Crippen LogP contribution in [-0.4, -0.2) is 21.1 Å². The van der Waals surface area contributed by atoms with E-state index >= 15 is 0 Å². The Bertz CT molecular complexity index is 181. The monoisotopic (exact) mass is 230 g/mol. The second kappa shape index (κ2) is 3.20. The molecule has 0 heterocycles. The van der Waals surface area contributed by atoms with Gasteiger partial charge in [0.15, 0.2) is 0 Å². The van der Waals surface area contributed by atoms with Crippen molar-refractivity contribution in [2.75, 3.05) is 0 Å². The first-order valence-electron chi connectivity index (χ1n) is 2.76. The molecule has 0 saturated heterocycles. The molecule has 9 heavy (non-hydrogen) atoms. The summed E-state index contributed by atoms with van der Waals surface area (Å²) in [4.78, 5) is 2.22. The molecule has 0 aliphatic rings. The van der Waals surface area contributed by atoms with E-state index in [1.807, 2.05) is 12.1 Å². The summed E-state index contributed by atoms with van der Waals surface area (Å²) in [6.45, 7) is 0. The average molecular weight is 229 g/mol. The van der Waals surface area contributed by atoms with Crippen molar-refractivity contribution in [2.45, 2.75) is 4.94 Å². The van der Waals surface area contributed by atoms with E-state index in [1.54, 1.807) is 0 Å². The molecule has 46 valence electrons. The molecule has 0 amide bonds. The van der Waals surface area contributed by atoms with Crippen LogP contribution in [0, 0.1) is 5.82 Å². The van der Waals surface area contributed by atoms with Crippen LogP contribution in [0.5, 0.6) is 0 Å². The van der Waals surface area contributed by atoms with Gasteiger partial charge in [-0.3, -0.25) is 0 Å². The zero-order chi connectivity index (χ0) is 6.69. The topological polar surface area (TPSA) is 0 Å². The summed E-state index contributed by atoms with van der Waals surface area (Å²) in [5, 5.41) is 0. The molecular formula is C7H7FSn. The molecule has 1 aromatic carbocycles. The number of halogens is 1. The molecule has 0 saturated carbocycles. The summed E-state index contributed by atoms with van der Waals surface area (Å²) >= 11 is -0.330. The van der Waals surface area contributed by atoms with Gasteiger partial charge in [-0.1, -0.05) is 0 Å². The van der Waals surface area contributed by atoms with Crippen molar-refractivity contribution in [2.24, 2.45) is 0 Å². The minimum atomic E-state index is -0.330. The molecule has 0 nitrogen and oxygen atoms in total. The molecule has 0 aromatic heterocycles. The van der Waals surface area contributed by atoms with Crippen LogP contribution in [0.2, 0.25) is 4.94 Å². The standard InChI is InChI=1S/C6H4F.CH3.Sn/c7-6-4-2-1-3-5-6;;/h2-5H;1H3;. The molecule has 1 rings (SSSR count). The van der Waals surface area contributed by atoms with Crippen molar-refractivity contribution in [1.29, 1.82) is 0 Å². The number of hydrogen-bond donors (Lipinski definition) is 0. The van der Waals surface area contributed by atoms with E-state index < -0.39 is 0 Å². The van der Waals surface area contributed by atoms with Crippen LogP contribution in [-0.2, 0) is 0 Å². The van der Waals surface area contributed by atoms with Gasteiger partial charge >= 0.3 is 64.1 Å². The average Bonchev–Trinajstić information content (AvgIpc) is 1.90. The van der Waals surface area contributed by atoms with Crippen LogP contribution in [0.1, 0.15) is 0 Å². The molecule has 2 heteroatoms. The molecule has 0 bridgehead atoms. The number of benzene rings is 1. The van der Waals surface area contributed by atoms with Gasteiger partial charge in [0.05, 0.1) is 0 Å². The molecule has 0 aliphatic heterocycles. The molecule has 0 unspecified atom stereocenters. The molecule has 0 spiro atoms. The first kappa shape index (κ1) is 7.06. The van der Waals surface area contributed by atoms with E-state index in [-0.39, 0.29) is 27.0 Å². The Morgan fingerprint density at radius 1 is 1.22 bits per heavy atom. The van der Waals surface area contributed by atoms with Gasteiger partial charge in [-0.2, -0.15) is 0 Å². The Morgan fingerprint density at radius 3 is 2.22 bits per heavy atom. The van der Waals surface area contributed by atoms with Crippen molar-refractivity contribution < 1.29 is 4.39 Å². The summed E-state index contributed by atoms with van der Waals surface area (Å²) in [7, 11) is 0. The zero-order valence-corrected chi connectivity index (χ0v) is 8.04. The van der Waals surface area contributed by atoms with Crippen molar-refractivity contribution in [3.05, 3.63) is 30.1 Å². The van der Waals surface area contributed by atoms with Crippen LogP contribution in [0.15, 0.2) is 24.3 Å². The van der Waals surface area contributed by atoms with Crippen molar-refractivity contribution in [1.82, 2.24) is 0 Å². The minimum absolute atomic E-state index is 0.133. The summed E-state index contributed by atoms with van der Waals surface area (Å²) in [6, 6.07) is 6.81. The van der Waals surface area contributed by atoms with Crippen molar-refractivity contribution in [3.8, 4) is 0 Å². The van der Waals surface area contributed by atoms with Gasteiger partial charge in [-0.15, -0.1) is 0 Å². The first-order chi connectivity index (χ1) is 4.33.